The Morgan fingerprint density at radius 3 is 2.38 bits per heavy atom. The van der Waals surface area contributed by atoms with E-state index in [2.05, 4.69) is 32.9 Å². The lowest BCUT2D eigenvalue weighted by Crippen LogP contribution is -3.28. The van der Waals surface area contributed by atoms with Crippen molar-refractivity contribution in [3.63, 3.8) is 0 Å². The zero-order valence-corrected chi connectivity index (χ0v) is 19.3. The van der Waals surface area contributed by atoms with E-state index in [9.17, 15) is 5.11 Å². The maximum absolute atomic E-state index is 10.6. The Kier molecular flexibility index (Phi) is 8.82. The van der Waals surface area contributed by atoms with E-state index >= 15 is 0 Å². The van der Waals surface area contributed by atoms with Gasteiger partial charge in [-0.1, -0.05) is 50.9 Å². The van der Waals surface area contributed by atoms with Crippen LogP contribution in [0.2, 0.25) is 5.02 Å². The zero-order valence-electron chi connectivity index (χ0n) is 18.5. The van der Waals surface area contributed by atoms with Crippen molar-refractivity contribution in [2.75, 3.05) is 39.3 Å². The molecule has 4 nitrogen and oxygen atoms in total. The summed E-state index contributed by atoms with van der Waals surface area (Å²) in [6, 6.07) is 8.22. The molecule has 1 aromatic carbocycles. The maximum atomic E-state index is 10.6. The van der Waals surface area contributed by atoms with E-state index in [0.29, 0.717) is 24.5 Å². The summed E-state index contributed by atoms with van der Waals surface area (Å²) in [6.45, 7) is 13.9. The highest BCUT2D eigenvalue weighted by atomic mass is 35.5. The van der Waals surface area contributed by atoms with E-state index in [1.165, 1.54) is 23.3 Å². The van der Waals surface area contributed by atoms with Crippen molar-refractivity contribution >= 4 is 11.6 Å². The molecule has 4 atom stereocenters. The molecule has 0 spiro atoms. The molecule has 0 amide bonds. The van der Waals surface area contributed by atoms with Gasteiger partial charge in [-0.25, -0.2) is 0 Å². The molecule has 2 fully saturated rings. The third-order valence-corrected chi connectivity index (χ3v) is 7.27. The second kappa shape index (κ2) is 11.1. The van der Waals surface area contributed by atoms with Crippen molar-refractivity contribution in [2.45, 2.75) is 58.8 Å². The summed E-state index contributed by atoms with van der Waals surface area (Å²) >= 11 is 5.98. The molecule has 5 heteroatoms. The molecule has 1 saturated heterocycles. The van der Waals surface area contributed by atoms with Gasteiger partial charge in [-0.2, -0.15) is 0 Å². The van der Waals surface area contributed by atoms with Crippen molar-refractivity contribution in [2.24, 2.45) is 17.8 Å². The van der Waals surface area contributed by atoms with E-state index in [4.69, 9.17) is 16.3 Å². The van der Waals surface area contributed by atoms with Gasteiger partial charge < -0.3 is 19.6 Å². The smallest absolute Gasteiger partial charge is 0.127 e. The highest BCUT2D eigenvalue weighted by molar-refractivity contribution is 6.30. The van der Waals surface area contributed by atoms with Gasteiger partial charge >= 0.3 is 0 Å². The highest BCUT2D eigenvalue weighted by Crippen LogP contribution is 2.35. The van der Waals surface area contributed by atoms with E-state index in [1.54, 1.807) is 4.90 Å². The summed E-state index contributed by atoms with van der Waals surface area (Å²) in [5.41, 5.74) is 1.35. The number of ether oxygens (including phenoxy) is 1. The fourth-order valence-electron chi connectivity index (χ4n) is 5.16. The average molecular weight is 425 g/mol. The molecule has 1 aromatic rings. The first-order chi connectivity index (χ1) is 13.9. The second-order valence-corrected chi connectivity index (χ2v) is 10.3. The number of hydrogen-bond acceptors (Lipinski definition) is 2. The molecule has 1 aliphatic heterocycles. The van der Waals surface area contributed by atoms with Crippen LogP contribution in [0.5, 0.6) is 0 Å². The van der Waals surface area contributed by atoms with Crippen LogP contribution in [0.25, 0.3) is 0 Å². The number of piperazine rings is 1. The molecule has 1 aliphatic carbocycles. The van der Waals surface area contributed by atoms with Crippen molar-refractivity contribution in [3.8, 4) is 0 Å². The van der Waals surface area contributed by atoms with Crippen LogP contribution < -0.4 is 9.80 Å². The molecule has 164 valence electrons. The summed E-state index contributed by atoms with van der Waals surface area (Å²) in [7, 11) is 0. The van der Waals surface area contributed by atoms with Crippen molar-refractivity contribution in [3.05, 3.63) is 34.9 Å². The Balaban J connectivity index is 1.37. The van der Waals surface area contributed by atoms with E-state index in [0.717, 1.165) is 56.6 Å². The minimum atomic E-state index is -0.354. The Hall–Kier alpha value is -0.650. The van der Waals surface area contributed by atoms with Crippen molar-refractivity contribution in [1.82, 2.24) is 0 Å². The minimum absolute atomic E-state index is 0.323. The molecule has 0 aromatic heterocycles. The van der Waals surface area contributed by atoms with Crippen LogP contribution in [0, 0.1) is 17.8 Å². The van der Waals surface area contributed by atoms with Gasteiger partial charge in [0.2, 0.25) is 0 Å². The molecule has 1 saturated carbocycles. The molecule has 29 heavy (non-hydrogen) atoms. The molecule has 3 rings (SSSR count). The van der Waals surface area contributed by atoms with E-state index in [-0.39, 0.29) is 6.10 Å². The Bertz CT molecular complexity index is 601. The first-order valence-electron chi connectivity index (χ1n) is 11.6. The van der Waals surface area contributed by atoms with E-state index in [1.807, 2.05) is 12.1 Å². The normalized spacial score (nSPS) is 31.7. The highest BCUT2D eigenvalue weighted by Gasteiger charge is 2.32. The van der Waals surface area contributed by atoms with Gasteiger partial charge in [0, 0.05) is 10.6 Å². The lowest BCUT2D eigenvalue weighted by molar-refractivity contribution is -1.02. The topological polar surface area (TPSA) is 38.3 Å². The van der Waals surface area contributed by atoms with Crippen molar-refractivity contribution in [1.29, 1.82) is 0 Å². The fraction of sp³-hybridized carbons (Fsp3) is 0.750. The first-order valence-corrected chi connectivity index (χ1v) is 12.0. The number of rotatable bonds is 8. The molecular formula is C24H41ClN2O2+2. The number of aliphatic hydroxyl groups excluding tert-OH is 1. The monoisotopic (exact) mass is 424 g/mol. The van der Waals surface area contributed by atoms with Crippen LogP contribution in [0.1, 0.15) is 45.6 Å². The summed E-state index contributed by atoms with van der Waals surface area (Å²) in [5, 5.41) is 11.4. The molecule has 0 bridgehead atoms. The second-order valence-electron chi connectivity index (χ2n) is 9.86. The largest absolute Gasteiger partial charge is 0.385 e. The number of benzene rings is 1. The van der Waals surface area contributed by atoms with Crippen LogP contribution in [-0.2, 0) is 11.3 Å². The van der Waals surface area contributed by atoms with Gasteiger partial charge in [-0.3, -0.25) is 0 Å². The average Bonchev–Trinajstić information content (AvgIpc) is 2.69. The molecule has 0 radical (unpaired) electrons. The van der Waals surface area contributed by atoms with Gasteiger partial charge in [0.25, 0.3) is 0 Å². The lowest BCUT2D eigenvalue weighted by atomic mass is 9.75. The number of hydrogen-bond donors (Lipinski definition) is 3. The molecule has 0 unspecified atom stereocenters. The summed E-state index contributed by atoms with van der Waals surface area (Å²) in [5.74, 6) is 2.05. The Labute approximate surface area is 182 Å². The maximum Gasteiger partial charge on any atom is 0.127 e. The van der Waals surface area contributed by atoms with Crippen LogP contribution >= 0.6 is 11.6 Å². The van der Waals surface area contributed by atoms with Crippen LogP contribution in [0.4, 0.5) is 0 Å². The third kappa shape index (κ3) is 7.22. The quantitative estimate of drug-likeness (QED) is 0.591. The lowest BCUT2D eigenvalue weighted by Gasteiger charge is -2.37. The molecule has 2 aliphatic rings. The van der Waals surface area contributed by atoms with Gasteiger partial charge in [0.05, 0.1) is 12.7 Å². The Morgan fingerprint density at radius 2 is 1.72 bits per heavy atom. The first kappa shape index (κ1) is 23.0. The minimum Gasteiger partial charge on any atom is -0.385 e. The molecular weight excluding hydrogens is 384 g/mol. The van der Waals surface area contributed by atoms with Gasteiger partial charge in [0.15, 0.2) is 0 Å². The number of nitrogens with one attached hydrogen (secondary N) is 2. The van der Waals surface area contributed by atoms with Crippen LogP contribution in [-0.4, -0.2) is 56.6 Å². The predicted octanol–water partition coefficient (Wildman–Crippen LogP) is 1.46. The van der Waals surface area contributed by atoms with Gasteiger partial charge in [-0.05, 0) is 42.7 Å². The predicted molar refractivity (Wildman–Crippen MR) is 119 cm³/mol. The summed E-state index contributed by atoms with van der Waals surface area (Å²) < 4.78 is 6.26. The van der Waals surface area contributed by atoms with E-state index < -0.39 is 0 Å². The molecule has 1 heterocycles. The van der Waals surface area contributed by atoms with Crippen molar-refractivity contribution < 1.29 is 19.6 Å². The number of halogens is 1. The number of aliphatic hydroxyl groups is 1. The molecule has 3 N–H and O–H groups in total. The zero-order chi connectivity index (χ0) is 20.8. The number of quaternary nitrogens is 2. The third-order valence-electron chi connectivity index (χ3n) is 7.02. The summed E-state index contributed by atoms with van der Waals surface area (Å²) in [6.07, 6.45) is 3.70. The fourth-order valence-corrected chi connectivity index (χ4v) is 5.29. The SMILES string of the molecule is CC(C)[C@@H]1CC[C@@H](C)C[C@H]1OC[C@H](O)C[NH+]1CC[NH+](Cc2ccc(Cl)cc2)CC1. The standard InChI is InChI=1S/C24H39ClN2O2/c1-18(2)23-9-4-19(3)14-24(23)29-17-22(28)16-27-12-10-26(11-13-27)15-20-5-7-21(25)8-6-20/h5-8,18-19,22-24,28H,4,9-17H2,1-3H3/p+2/t19-,22-,23+,24-/m1/s1. The Morgan fingerprint density at radius 1 is 1.07 bits per heavy atom. The van der Waals surface area contributed by atoms with Gasteiger partial charge in [0.1, 0.15) is 45.4 Å². The summed E-state index contributed by atoms with van der Waals surface area (Å²) in [4.78, 5) is 3.14. The van der Waals surface area contributed by atoms with Gasteiger partial charge in [-0.15, -0.1) is 0 Å². The van der Waals surface area contributed by atoms with Crippen LogP contribution in [0.3, 0.4) is 0 Å². The van der Waals surface area contributed by atoms with Crippen LogP contribution in [0.15, 0.2) is 24.3 Å².